The van der Waals surface area contributed by atoms with Crippen LogP contribution < -0.4 is 0 Å². The Bertz CT molecular complexity index is 676. The van der Waals surface area contributed by atoms with Crippen molar-refractivity contribution in [3.05, 3.63) is 21.8 Å². The summed E-state index contributed by atoms with van der Waals surface area (Å²) in [5.74, 6) is 0. The normalized spacial score (nSPS) is 22.3. The highest BCUT2D eigenvalue weighted by Gasteiger charge is 2.58. The van der Waals surface area contributed by atoms with Crippen molar-refractivity contribution in [2.75, 3.05) is 0 Å². The molecular weight excluding hydrogens is 291 g/mol. The van der Waals surface area contributed by atoms with Crippen molar-refractivity contribution in [1.29, 1.82) is 0 Å². The standard InChI is InChI=1S/C12H12F3N3OS/c1-6-16-9-7-5-18(2)17-10(7)11(19,12(13,14)15)4-3-8(9)20-6/h5,19H,3-4H2,1-2H3. The summed E-state index contributed by atoms with van der Waals surface area (Å²) in [4.78, 5) is 5.06. The van der Waals surface area contributed by atoms with Crippen LogP contribution in [-0.4, -0.2) is 26.0 Å². The van der Waals surface area contributed by atoms with Crippen molar-refractivity contribution in [2.24, 2.45) is 7.05 Å². The lowest BCUT2D eigenvalue weighted by Crippen LogP contribution is -2.43. The lowest BCUT2D eigenvalue weighted by molar-refractivity contribution is -0.270. The SMILES string of the molecule is Cc1nc2c(s1)CCC(O)(C(F)(F)F)c1nn(C)cc1-2. The minimum absolute atomic E-state index is 0.136. The summed E-state index contributed by atoms with van der Waals surface area (Å²) in [6, 6.07) is 0. The molecule has 0 aliphatic heterocycles. The summed E-state index contributed by atoms with van der Waals surface area (Å²) in [5.41, 5.74) is -2.49. The molecule has 0 bridgehead atoms. The molecule has 0 spiro atoms. The van der Waals surface area contributed by atoms with E-state index in [1.807, 2.05) is 6.92 Å². The Labute approximate surface area is 116 Å². The van der Waals surface area contributed by atoms with E-state index in [-0.39, 0.29) is 17.7 Å². The summed E-state index contributed by atoms with van der Waals surface area (Å²) < 4.78 is 41.1. The average Bonchev–Trinajstić information content (AvgIpc) is 2.85. The minimum atomic E-state index is -4.76. The van der Waals surface area contributed by atoms with E-state index >= 15 is 0 Å². The third-order valence-corrected chi connectivity index (χ3v) is 4.49. The molecule has 0 amide bonds. The molecular formula is C12H12F3N3OS. The van der Waals surface area contributed by atoms with E-state index in [1.165, 1.54) is 29.3 Å². The highest BCUT2D eigenvalue weighted by Crippen LogP contribution is 2.48. The van der Waals surface area contributed by atoms with E-state index < -0.39 is 18.2 Å². The monoisotopic (exact) mass is 303 g/mol. The first-order chi connectivity index (χ1) is 9.22. The minimum Gasteiger partial charge on any atom is -0.375 e. The molecule has 1 unspecified atom stereocenters. The fourth-order valence-electron chi connectivity index (χ4n) is 2.51. The number of hydrogen-bond donors (Lipinski definition) is 1. The van der Waals surface area contributed by atoms with Crippen LogP contribution >= 0.6 is 11.3 Å². The average molecular weight is 303 g/mol. The van der Waals surface area contributed by atoms with Crippen molar-refractivity contribution >= 4 is 11.3 Å². The molecule has 0 radical (unpaired) electrons. The first-order valence-electron chi connectivity index (χ1n) is 6.02. The van der Waals surface area contributed by atoms with Gasteiger partial charge in [-0.3, -0.25) is 4.68 Å². The summed E-state index contributed by atoms with van der Waals surface area (Å²) in [6.07, 6.45) is -3.58. The number of alkyl halides is 3. The van der Waals surface area contributed by atoms with Gasteiger partial charge in [-0.25, -0.2) is 4.98 Å². The number of nitrogens with zero attached hydrogens (tertiary/aromatic N) is 3. The summed E-state index contributed by atoms with van der Waals surface area (Å²) in [6.45, 7) is 1.81. The molecule has 0 fully saturated rings. The molecule has 3 rings (SSSR count). The molecule has 1 aliphatic rings. The Kier molecular flexibility index (Phi) is 2.74. The summed E-state index contributed by atoms with van der Waals surface area (Å²) in [7, 11) is 1.53. The maximum atomic E-state index is 13.3. The van der Waals surface area contributed by atoms with Gasteiger partial charge in [-0.15, -0.1) is 11.3 Å². The summed E-state index contributed by atoms with van der Waals surface area (Å²) in [5, 5.41) is 14.8. The van der Waals surface area contributed by atoms with Crippen LogP contribution in [0.5, 0.6) is 0 Å². The first kappa shape index (κ1) is 13.6. The Morgan fingerprint density at radius 2 is 2.15 bits per heavy atom. The molecule has 1 aliphatic carbocycles. The van der Waals surface area contributed by atoms with Gasteiger partial charge in [0.15, 0.2) is 0 Å². The highest BCUT2D eigenvalue weighted by molar-refractivity contribution is 7.12. The van der Waals surface area contributed by atoms with Crippen molar-refractivity contribution in [3.8, 4) is 11.3 Å². The smallest absolute Gasteiger partial charge is 0.375 e. The lowest BCUT2D eigenvalue weighted by atomic mass is 9.93. The zero-order chi connectivity index (χ0) is 14.7. The van der Waals surface area contributed by atoms with E-state index in [1.54, 1.807) is 0 Å². The Balaban J connectivity index is 2.28. The van der Waals surface area contributed by atoms with Crippen LogP contribution in [0.15, 0.2) is 6.20 Å². The van der Waals surface area contributed by atoms with Crippen LogP contribution in [-0.2, 0) is 19.1 Å². The molecule has 2 heterocycles. The molecule has 20 heavy (non-hydrogen) atoms. The predicted molar refractivity (Wildman–Crippen MR) is 67.3 cm³/mol. The maximum Gasteiger partial charge on any atom is 0.423 e. The molecule has 1 N–H and O–H groups in total. The van der Waals surface area contributed by atoms with Gasteiger partial charge in [0, 0.05) is 23.7 Å². The van der Waals surface area contributed by atoms with E-state index in [4.69, 9.17) is 0 Å². The zero-order valence-electron chi connectivity index (χ0n) is 10.8. The second-order valence-corrected chi connectivity index (χ2v) is 6.22. The lowest BCUT2D eigenvalue weighted by Gasteiger charge is -2.28. The third-order valence-electron chi connectivity index (χ3n) is 3.46. The quantitative estimate of drug-likeness (QED) is 0.814. The van der Waals surface area contributed by atoms with Crippen molar-refractivity contribution in [2.45, 2.75) is 31.5 Å². The fraction of sp³-hybridized carbons (Fsp3) is 0.500. The van der Waals surface area contributed by atoms with Crippen molar-refractivity contribution in [1.82, 2.24) is 14.8 Å². The molecule has 2 aromatic heterocycles. The van der Waals surface area contributed by atoms with E-state index in [0.29, 0.717) is 5.69 Å². The molecule has 8 heteroatoms. The number of halogens is 3. The molecule has 2 aromatic rings. The van der Waals surface area contributed by atoms with Crippen LogP contribution in [0.2, 0.25) is 0 Å². The van der Waals surface area contributed by atoms with E-state index in [2.05, 4.69) is 10.1 Å². The molecule has 4 nitrogen and oxygen atoms in total. The van der Waals surface area contributed by atoms with Crippen LogP contribution in [0.3, 0.4) is 0 Å². The third kappa shape index (κ3) is 1.78. The van der Waals surface area contributed by atoms with Crippen molar-refractivity contribution < 1.29 is 18.3 Å². The number of thiazole rings is 1. The van der Waals surface area contributed by atoms with Crippen LogP contribution in [0.4, 0.5) is 13.2 Å². The van der Waals surface area contributed by atoms with E-state index in [9.17, 15) is 18.3 Å². The molecule has 108 valence electrons. The molecule has 0 saturated heterocycles. The number of aromatic nitrogens is 3. The summed E-state index contributed by atoms with van der Waals surface area (Å²) >= 11 is 1.36. The molecule has 1 atom stereocenters. The van der Waals surface area contributed by atoms with Gasteiger partial charge in [0.2, 0.25) is 5.60 Å². The van der Waals surface area contributed by atoms with E-state index in [0.717, 1.165) is 9.88 Å². The van der Waals surface area contributed by atoms with Gasteiger partial charge in [0.25, 0.3) is 0 Å². The van der Waals surface area contributed by atoms with Gasteiger partial charge >= 0.3 is 6.18 Å². The predicted octanol–water partition coefficient (Wildman–Crippen LogP) is 2.55. The largest absolute Gasteiger partial charge is 0.423 e. The van der Waals surface area contributed by atoms with Crippen LogP contribution in [0.25, 0.3) is 11.3 Å². The number of rotatable bonds is 0. The number of aryl methyl sites for hydroxylation is 3. The van der Waals surface area contributed by atoms with Crippen molar-refractivity contribution in [3.63, 3.8) is 0 Å². The molecule has 0 aromatic carbocycles. The van der Waals surface area contributed by atoms with Gasteiger partial charge in [-0.1, -0.05) is 0 Å². The van der Waals surface area contributed by atoms with Crippen LogP contribution in [0, 0.1) is 6.92 Å². The number of fused-ring (bicyclic) bond motifs is 3. The van der Waals surface area contributed by atoms with Gasteiger partial charge < -0.3 is 5.11 Å². The number of aliphatic hydroxyl groups is 1. The Hall–Kier alpha value is -1.41. The highest BCUT2D eigenvalue weighted by atomic mass is 32.1. The fourth-order valence-corrected chi connectivity index (χ4v) is 3.46. The maximum absolute atomic E-state index is 13.3. The number of hydrogen-bond acceptors (Lipinski definition) is 4. The molecule has 0 saturated carbocycles. The van der Waals surface area contributed by atoms with Crippen LogP contribution in [0.1, 0.15) is 22.0 Å². The van der Waals surface area contributed by atoms with Gasteiger partial charge in [-0.2, -0.15) is 18.3 Å². The second kappa shape index (κ2) is 4.05. The topological polar surface area (TPSA) is 50.9 Å². The Morgan fingerprint density at radius 3 is 2.80 bits per heavy atom. The zero-order valence-corrected chi connectivity index (χ0v) is 11.6. The Morgan fingerprint density at radius 1 is 1.45 bits per heavy atom. The van der Waals surface area contributed by atoms with Gasteiger partial charge in [0.1, 0.15) is 5.69 Å². The second-order valence-electron chi connectivity index (χ2n) is 4.93. The first-order valence-corrected chi connectivity index (χ1v) is 6.84. The van der Waals surface area contributed by atoms with Gasteiger partial charge in [0.05, 0.1) is 10.7 Å². The van der Waals surface area contributed by atoms with Gasteiger partial charge in [-0.05, 0) is 19.8 Å².